The van der Waals surface area contributed by atoms with Crippen molar-refractivity contribution in [3.05, 3.63) is 69.9 Å². The van der Waals surface area contributed by atoms with Gasteiger partial charge >= 0.3 is 0 Å². The molecule has 0 saturated heterocycles. The molecule has 3 aromatic rings. The monoisotopic (exact) mass is 328 g/mol. The van der Waals surface area contributed by atoms with Gasteiger partial charge in [-0.2, -0.15) is 10.4 Å². The summed E-state index contributed by atoms with van der Waals surface area (Å²) in [6, 6.07) is 14.0. The number of halogens is 1. The van der Waals surface area contributed by atoms with E-state index in [0.717, 1.165) is 10.4 Å². The zero-order chi connectivity index (χ0) is 15.4. The minimum atomic E-state index is -0.705. The molecule has 3 rings (SSSR count). The smallest absolute Gasteiger partial charge is 0.137 e. The lowest BCUT2D eigenvalue weighted by molar-refractivity contribution is 0.427. The van der Waals surface area contributed by atoms with E-state index in [2.05, 4.69) is 16.2 Å². The highest BCUT2D eigenvalue weighted by molar-refractivity contribution is 7.09. The van der Waals surface area contributed by atoms with Crippen LogP contribution in [0.4, 0.5) is 0 Å². The lowest BCUT2D eigenvalue weighted by Crippen LogP contribution is -2.32. The van der Waals surface area contributed by atoms with E-state index in [4.69, 9.17) is 11.6 Å². The second kappa shape index (κ2) is 6.30. The predicted molar refractivity (Wildman–Crippen MR) is 86.8 cm³/mol. The normalized spacial score (nSPS) is 13.5. The summed E-state index contributed by atoms with van der Waals surface area (Å²) in [4.78, 5) is 5.13. The fourth-order valence-corrected chi connectivity index (χ4v) is 3.40. The molecule has 2 heterocycles. The van der Waals surface area contributed by atoms with Crippen LogP contribution in [-0.4, -0.2) is 14.8 Å². The van der Waals surface area contributed by atoms with E-state index in [1.807, 2.05) is 41.8 Å². The van der Waals surface area contributed by atoms with Crippen LogP contribution in [0, 0.1) is 11.3 Å². The van der Waals surface area contributed by atoms with Crippen molar-refractivity contribution in [1.29, 1.82) is 5.26 Å². The third-order valence-corrected chi connectivity index (χ3v) is 4.69. The van der Waals surface area contributed by atoms with Crippen molar-refractivity contribution < 1.29 is 0 Å². The number of thiophene rings is 1. The first kappa shape index (κ1) is 14.8. The van der Waals surface area contributed by atoms with E-state index in [-0.39, 0.29) is 0 Å². The van der Waals surface area contributed by atoms with Crippen LogP contribution in [0.1, 0.15) is 10.4 Å². The van der Waals surface area contributed by atoms with Gasteiger partial charge in [0.25, 0.3) is 0 Å². The van der Waals surface area contributed by atoms with Crippen LogP contribution >= 0.6 is 22.9 Å². The van der Waals surface area contributed by atoms with Gasteiger partial charge in [0.1, 0.15) is 18.1 Å². The summed E-state index contributed by atoms with van der Waals surface area (Å²) in [6.45, 7) is 0.447. The number of benzene rings is 1. The van der Waals surface area contributed by atoms with E-state index in [1.165, 1.54) is 6.33 Å². The van der Waals surface area contributed by atoms with Gasteiger partial charge in [-0.05, 0) is 29.1 Å². The Kier molecular flexibility index (Phi) is 4.23. The Labute approximate surface area is 137 Å². The summed E-state index contributed by atoms with van der Waals surface area (Å²) in [6.07, 6.45) is 3.74. The largest absolute Gasteiger partial charge is 0.251 e. The van der Waals surface area contributed by atoms with E-state index in [9.17, 15) is 5.26 Å². The molecule has 4 nitrogen and oxygen atoms in total. The molecule has 0 amide bonds. The molecular formula is C16H13ClN4S. The van der Waals surface area contributed by atoms with Crippen molar-refractivity contribution in [2.75, 3.05) is 0 Å². The van der Waals surface area contributed by atoms with Crippen LogP contribution < -0.4 is 0 Å². The molecule has 0 bridgehead atoms. The highest BCUT2D eigenvalue weighted by Gasteiger charge is 2.34. The Bertz CT molecular complexity index is 721. The maximum atomic E-state index is 9.96. The molecule has 22 heavy (non-hydrogen) atoms. The summed E-state index contributed by atoms with van der Waals surface area (Å²) in [7, 11) is 0. The first-order valence-corrected chi connectivity index (χ1v) is 8.00. The highest BCUT2D eigenvalue weighted by Crippen LogP contribution is 2.32. The van der Waals surface area contributed by atoms with E-state index in [0.29, 0.717) is 18.0 Å². The highest BCUT2D eigenvalue weighted by atomic mass is 35.5. The molecule has 2 aromatic heterocycles. The molecule has 0 spiro atoms. The molecule has 0 N–H and O–H groups in total. The van der Waals surface area contributed by atoms with Gasteiger partial charge in [0.15, 0.2) is 0 Å². The predicted octanol–water partition coefficient (Wildman–Crippen LogP) is 3.70. The van der Waals surface area contributed by atoms with Crippen LogP contribution in [0.25, 0.3) is 0 Å². The zero-order valence-corrected chi connectivity index (χ0v) is 13.3. The van der Waals surface area contributed by atoms with Crippen LogP contribution in [0.5, 0.6) is 0 Å². The summed E-state index contributed by atoms with van der Waals surface area (Å²) in [5.74, 6) is 0. The van der Waals surface area contributed by atoms with Gasteiger partial charge in [-0.25, -0.2) is 4.98 Å². The standard InChI is InChI=1S/C16H13ClN4S/c17-14-5-3-13(4-6-14)16(9-18,8-15-2-1-7-22-15)10-21-12-19-11-20-21/h1-7,11-12H,8,10H2. The number of nitriles is 1. The number of hydrogen-bond acceptors (Lipinski definition) is 4. The Hall–Kier alpha value is -2.16. The third kappa shape index (κ3) is 3.03. The average molecular weight is 329 g/mol. The SMILES string of the molecule is N#CC(Cc1cccs1)(Cn1cncn1)c1ccc(Cl)cc1. The quantitative estimate of drug-likeness (QED) is 0.717. The summed E-state index contributed by atoms with van der Waals surface area (Å²) >= 11 is 7.64. The van der Waals surface area contributed by atoms with Gasteiger partial charge < -0.3 is 0 Å². The average Bonchev–Trinajstić information content (AvgIpc) is 3.21. The molecular weight excluding hydrogens is 316 g/mol. The molecule has 0 saturated carbocycles. The van der Waals surface area contributed by atoms with Gasteiger partial charge in [0, 0.05) is 16.3 Å². The van der Waals surface area contributed by atoms with Crippen LogP contribution in [0.15, 0.2) is 54.4 Å². The number of nitrogens with zero attached hydrogens (tertiary/aromatic N) is 4. The molecule has 0 aliphatic carbocycles. The van der Waals surface area contributed by atoms with Gasteiger partial charge in [-0.3, -0.25) is 4.68 Å². The van der Waals surface area contributed by atoms with Gasteiger partial charge in [0.05, 0.1) is 12.6 Å². The van der Waals surface area contributed by atoms with Crippen molar-refractivity contribution in [2.45, 2.75) is 18.4 Å². The van der Waals surface area contributed by atoms with Gasteiger partial charge in [0.2, 0.25) is 0 Å². The minimum absolute atomic E-state index is 0.447. The van der Waals surface area contributed by atoms with Crippen molar-refractivity contribution in [2.24, 2.45) is 0 Å². The third-order valence-electron chi connectivity index (χ3n) is 3.57. The maximum Gasteiger partial charge on any atom is 0.137 e. The molecule has 110 valence electrons. The molecule has 0 aliphatic rings. The summed E-state index contributed by atoms with van der Waals surface area (Å²) < 4.78 is 1.70. The first-order chi connectivity index (χ1) is 10.7. The van der Waals surface area contributed by atoms with E-state index >= 15 is 0 Å². The molecule has 1 atom stereocenters. The summed E-state index contributed by atoms with van der Waals surface area (Å²) in [5.41, 5.74) is 0.228. The van der Waals surface area contributed by atoms with Crippen molar-refractivity contribution in [3.63, 3.8) is 0 Å². The summed E-state index contributed by atoms with van der Waals surface area (Å²) in [5, 5.41) is 16.8. The van der Waals surface area contributed by atoms with Crippen molar-refractivity contribution in [3.8, 4) is 6.07 Å². The Balaban J connectivity index is 2.02. The van der Waals surface area contributed by atoms with Crippen molar-refractivity contribution >= 4 is 22.9 Å². The van der Waals surface area contributed by atoms with E-state index < -0.39 is 5.41 Å². The Morgan fingerprint density at radius 1 is 1.27 bits per heavy atom. The molecule has 1 unspecified atom stereocenters. The first-order valence-electron chi connectivity index (χ1n) is 6.74. The van der Waals surface area contributed by atoms with Crippen molar-refractivity contribution in [1.82, 2.24) is 14.8 Å². The molecule has 1 aromatic carbocycles. The van der Waals surface area contributed by atoms with Gasteiger partial charge in [-0.1, -0.05) is 29.8 Å². The zero-order valence-electron chi connectivity index (χ0n) is 11.7. The van der Waals surface area contributed by atoms with Crippen LogP contribution in [0.2, 0.25) is 5.02 Å². The second-order valence-electron chi connectivity index (χ2n) is 5.05. The Morgan fingerprint density at radius 2 is 2.09 bits per heavy atom. The fourth-order valence-electron chi connectivity index (χ4n) is 2.46. The molecule has 0 radical (unpaired) electrons. The van der Waals surface area contributed by atoms with Gasteiger partial charge in [-0.15, -0.1) is 11.3 Å². The molecule has 6 heteroatoms. The minimum Gasteiger partial charge on any atom is -0.251 e. The topological polar surface area (TPSA) is 54.5 Å². The number of hydrogen-bond donors (Lipinski definition) is 0. The maximum absolute atomic E-state index is 9.96. The second-order valence-corrected chi connectivity index (χ2v) is 6.52. The van der Waals surface area contributed by atoms with E-state index in [1.54, 1.807) is 22.3 Å². The number of rotatable bonds is 5. The lowest BCUT2D eigenvalue weighted by atomic mass is 9.78. The Morgan fingerprint density at radius 3 is 2.68 bits per heavy atom. The van der Waals surface area contributed by atoms with Crippen LogP contribution in [0.3, 0.4) is 0 Å². The molecule has 0 fully saturated rings. The lowest BCUT2D eigenvalue weighted by Gasteiger charge is -2.26. The molecule has 0 aliphatic heterocycles. The fraction of sp³-hybridized carbons (Fsp3) is 0.188. The van der Waals surface area contributed by atoms with Crippen LogP contribution in [-0.2, 0) is 18.4 Å². The number of aromatic nitrogens is 3.